The van der Waals surface area contributed by atoms with E-state index in [1.54, 1.807) is 0 Å². The van der Waals surface area contributed by atoms with Crippen molar-refractivity contribution < 1.29 is 0 Å². The summed E-state index contributed by atoms with van der Waals surface area (Å²) in [6.07, 6.45) is 0. The number of nitrogens with zero attached hydrogens (tertiary/aromatic N) is 1. The van der Waals surface area contributed by atoms with Crippen LogP contribution in [0.25, 0.3) is 65.7 Å². The lowest BCUT2D eigenvalue weighted by Crippen LogP contribution is -2.09. The Morgan fingerprint density at radius 2 is 0.612 bits per heavy atom. The summed E-state index contributed by atoms with van der Waals surface area (Å²) in [6.45, 7) is 0. The van der Waals surface area contributed by atoms with E-state index in [2.05, 4.69) is 205 Å². The summed E-state index contributed by atoms with van der Waals surface area (Å²) in [5.74, 6) is 0. The quantitative estimate of drug-likeness (QED) is 0.167. The Morgan fingerprint density at radius 3 is 1.18 bits per heavy atom. The van der Waals surface area contributed by atoms with Crippen LogP contribution in [-0.4, -0.2) is 0 Å². The van der Waals surface area contributed by atoms with Crippen molar-refractivity contribution in [3.8, 4) is 33.4 Å². The van der Waals surface area contributed by atoms with Crippen LogP contribution in [0.4, 0.5) is 17.1 Å². The third kappa shape index (κ3) is 5.13. The summed E-state index contributed by atoms with van der Waals surface area (Å²) >= 11 is 0. The van der Waals surface area contributed by atoms with Gasteiger partial charge in [-0.25, -0.2) is 0 Å². The van der Waals surface area contributed by atoms with Gasteiger partial charge in [0.05, 0.1) is 0 Å². The van der Waals surface area contributed by atoms with E-state index >= 15 is 0 Å². The van der Waals surface area contributed by atoms with Crippen LogP contribution in [-0.2, 0) is 0 Å². The first-order valence-electron chi connectivity index (χ1n) is 16.9. The number of anilines is 3. The third-order valence-electron chi connectivity index (χ3n) is 9.65. The largest absolute Gasteiger partial charge is 0.311 e. The average Bonchev–Trinajstić information content (AvgIpc) is 3.19. The molecule has 0 saturated carbocycles. The van der Waals surface area contributed by atoms with Crippen LogP contribution in [0.2, 0.25) is 0 Å². The standard InChI is InChI=1S/C48H33N/c1-4-16-34(17-5-1)39-22-10-11-23-40(39)46-33-48-42-25-13-12-24-41(42)45(32-47(48)44-27-15-14-26-43(44)46)35-28-30-38(31-29-35)49(36-18-6-2-7-19-36)37-20-8-3-9-21-37/h1-33H. The fourth-order valence-corrected chi connectivity index (χ4v) is 7.39. The van der Waals surface area contributed by atoms with Gasteiger partial charge in [-0.2, -0.15) is 0 Å². The van der Waals surface area contributed by atoms with Crippen molar-refractivity contribution in [1.29, 1.82) is 0 Å². The summed E-state index contributed by atoms with van der Waals surface area (Å²) in [6, 6.07) is 72.3. The minimum absolute atomic E-state index is 1.12. The molecule has 0 unspecified atom stereocenters. The van der Waals surface area contributed by atoms with Gasteiger partial charge in [-0.1, -0.05) is 152 Å². The van der Waals surface area contributed by atoms with Crippen LogP contribution in [0.5, 0.6) is 0 Å². The van der Waals surface area contributed by atoms with E-state index in [0.29, 0.717) is 0 Å². The van der Waals surface area contributed by atoms with Gasteiger partial charge < -0.3 is 4.90 Å². The van der Waals surface area contributed by atoms with E-state index in [1.165, 1.54) is 65.7 Å². The van der Waals surface area contributed by atoms with Gasteiger partial charge >= 0.3 is 0 Å². The molecule has 0 fully saturated rings. The fourth-order valence-electron chi connectivity index (χ4n) is 7.39. The molecule has 0 radical (unpaired) electrons. The summed E-state index contributed by atoms with van der Waals surface area (Å²) in [7, 11) is 0. The van der Waals surface area contributed by atoms with Crippen molar-refractivity contribution in [3.63, 3.8) is 0 Å². The summed E-state index contributed by atoms with van der Waals surface area (Å²) in [5, 5.41) is 7.58. The molecule has 0 aliphatic heterocycles. The maximum Gasteiger partial charge on any atom is 0.0462 e. The maximum absolute atomic E-state index is 2.42. The molecule has 0 saturated heterocycles. The van der Waals surface area contributed by atoms with E-state index in [1.807, 2.05) is 0 Å². The SMILES string of the molecule is c1ccc(-c2ccccc2-c2cc3c4ccccc4c(-c4ccc(N(c5ccccc5)c5ccccc5)cc4)cc3c3ccccc23)cc1. The molecule has 9 aromatic carbocycles. The first-order chi connectivity index (χ1) is 24.3. The monoisotopic (exact) mass is 623 g/mol. The normalized spacial score (nSPS) is 11.3. The number of benzene rings is 9. The van der Waals surface area contributed by atoms with E-state index in [9.17, 15) is 0 Å². The molecule has 1 nitrogen and oxygen atoms in total. The average molecular weight is 624 g/mol. The Hall–Kier alpha value is -6.44. The highest BCUT2D eigenvalue weighted by atomic mass is 15.1. The molecule has 0 bridgehead atoms. The highest BCUT2D eigenvalue weighted by Crippen LogP contribution is 2.44. The third-order valence-corrected chi connectivity index (χ3v) is 9.65. The van der Waals surface area contributed by atoms with Crippen molar-refractivity contribution >= 4 is 49.4 Å². The van der Waals surface area contributed by atoms with Crippen molar-refractivity contribution in [3.05, 3.63) is 200 Å². The lowest BCUT2D eigenvalue weighted by atomic mass is 9.86. The molecule has 0 aromatic heterocycles. The van der Waals surface area contributed by atoms with Crippen molar-refractivity contribution in [2.45, 2.75) is 0 Å². The van der Waals surface area contributed by atoms with E-state index < -0.39 is 0 Å². The Bertz CT molecular complexity index is 2530. The van der Waals surface area contributed by atoms with Gasteiger partial charge in [0.15, 0.2) is 0 Å². The molecule has 0 heterocycles. The maximum atomic E-state index is 2.42. The van der Waals surface area contributed by atoms with E-state index in [-0.39, 0.29) is 0 Å². The van der Waals surface area contributed by atoms with Gasteiger partial charge in [-0.3, -0.25) is 0 Å². The highest BCUT2D eigenvalue weighted by Gasteiger charge is 2.17. The fraction of sp³-hybridized carbons (Fsp3) is 0. The molecule has 0 atom stereocenters. The van der Waals surface area contributed by atoms with Crippen LogP contribution in [0.15, 0.2) is 200 Å². The van der Waals surface area contributed by atoms with Gasteiger partial charge in [0.2, 0.25) is 0 Å². The number of hydrogen-bond acceptors (Lipinski definition) is 1. The number of hydrogen-bond donors (Lipinski definition) is 0. The molecule has 0 aliphatic rings. The van der Waals surface area contributed by atoms with Crippen LogP contribution in [0.3, 0.4) is 0 Å². The molecule has 0 aliphatic carbocycles. The zero-order valence-corrected chi connectivity index (χ0v) is 27.0. The second-order valence-electron chi connectivity index (χ2n) is 12.5. The topological polar surface area (TPSA) is 3.24 Å². The molecule has 0 amide bonds. The zero-order valence-electron chi connectivity index (χ0n) is 27.0. The first-order valence-corrected chi connectivity index (χ1v) is 16.9. The molecular formula is C48H33N. The van der Waals surface area contributed by atoms with Gasteiger partial charge in [-0.05, 0) is 114 Å². The van der Waals surface area contributed by atoms with Gasteiger partial charge in [0, 0.05) is 17.1 Å². The predicted molar refractivity (Wildman–Crippen MR) is 210 cm³/mol. The van der Waals surface area contributed by atoms with Gasteiger partial charge in [0.1, 0.15) is 0 Å². The zero-order chi connectivity index (χ0) is 32.6. The molecule has 1 heteroatoms. The Balaban J connectivity index is 1.24. The second-order valence-corrected chi connectivity index (χ2v) is 12.5. The molecular weight excluding hydrogens is 591 g/mol. The first kappa shape index (κ1) is 28.8. The molecule has 230 valence electrons. The lowest BCUT2D eigenvalue weighted by Gasteiger charge is -2.25. The molecule has 49 heavy (non-hydrogen) atoms. The minimum atomic E-state index is 1.12. The van der Waals surface area contributed by atoms with Crippen LogP contribution in [0.1, 0.15) is 0 Å². The van der Waals surface area contributed by atoms with Crippen molar-refractivity contribution in [1.82, 2.24) is 0 Å². The second kappa shape index (κ2) is 12.3. The Morgan fingerprint density at radius 1 is 0.224 bits per heavy atom. The van der Waals surface area contributed by atoms with Gasteiger partial charge in [-0.15, -0.1) is 0 Å². The molecule has 9 aromatic rings. The Labute approximate surface area is 287 Å². The van der Waals surface area contributed by atoms with Crippen LogP contribution in [0, 0.1) is 0 Å². The van der Waals surface area contributed by atoms with Crippen molar-refractivity contribution in [2.75, 3.05) is 4.90 Å². The van der Waals surface area contributed by atoms with E-state index in [0.717, 1.165) is 17.1 Å². The van der Waals surface area contributed by atoms with E-state index in [4.69, 9.17) is 0 Å². The number of para-hydroxylation sites is 2. The predicted octanol–water partition coefficient (Wildman–Crippen LogP) is 13.6. The molecule has 0 spiro atoms. The highest BCUT2D eigenvalue weighted by molar-refractivity contribution is 6.24. The van der Waals surface area contributed by atoms with Crippen molar-refractivity contribution in [2.24, 2.45) is 0 Å². The van der Waals surface area contributed by atoms with Crippen LogP contribution >= 0.6 is 0 Å². The Kier molecular flexibility index (Phi) is 7.22. The lowest BCUT2D eigenvalue weighted by molar-refractivity contribution is 1.28. The summed E-state index contributed by atoms with van der Waals surface area (Å²) in [5.41, 5.74) is 10.8. The minimum Gasteiger partial charge on any atom is -0.311 e. The summed E-state index contributed by atoms with van der Waals surface area (Å²) < 4.78 is 0. The van der Waals surface area contributed by atoms with Gasteiger partial charge in [0.25, 0.3) is 0 Å². The smallest absolute Gasteiger partial charge is 0.0462 e. The summed E-state index contributed by atoms with van der Waals surface area (Å²) in [4.78, 5) is 2.31. The number of fused-ring (bicyclic) bond motifs is 5. The molecule has 9 rings (SSSR count). The molecule has 0 N–H and O–H groups in total. The van der Waals surface area contributed by atoms with Crippen LogP contribution < -0.4 is 4.90 Å². The number of rotatable bonds is 6.